The maximum absolute atomic E-state index is 12.8. The van der Waals surface area contributed by atoms with Crippen LogP contribution in [0.2, 0.25) is 0 Å². The highest BCUT2D eigenvalue weighted by Gasteiger charge is 2.23. The molecule has 188 valence electrons. The molecule has 2 aromatic rings. The number of rotatable bonds is 14. The number of Topliss-reactive ketones (excluding diaryl/α,β-unsaturated/α-hetero) is 1. The summed E-state index contributed by atoms with van der Waals surface area (Å²) in [6, 6.07) is 16.1. The van der Waals surface area contributed by atoms with Crippen molar-refractivity contribution in [1.29, 1.82) is 5.26 Å². The molecule has 0 radical (unpaired) electrons. The number of hydrogen-bond acceptors (Lipinski definition) is 5. The first-order chi connectivity index (χ1) is 16.7. The van der Waals surface area contributed by atoms with Crippen LogP contribution in [0.5, 0.6) is 5.75 Å². The number of aliphatic hydroxyl groups excluding tert-OH is 1. The van der Waals surface area contributed by atoms with Crippen molar-refractivity contribution in [2.75, 3.05) is 46.9 Å². The second kappa shape index (κ2) is 13.6. The van der Waals surface area contributed by atoms with Gasteiger partial charge in [-0.25, -0.2) is 0 Å². The minimum absolute atomic E-state index is 0.00802. The molecule has 7 nitrogen and oxygen atoms in total. The van der Waals surface area contributed by atoms with Crippen LogP contribution < -0.4 is 4.74 Å². The van der Waals surface area contributed by atoms with Gasteiger partial charge in [0.05, 0.1) is 32.6 Å². The van der Waals surface area contributed by atoms with Gasteiger partial charge in [-0.15, -0.1) is 0 Å². The van der Waals surface area contributed by atoms with E-state index in [2.05, 4.69) is 6.07 Å². The first-order valence-electron chi connectivity index (χ1n) is 12.2. The molecule has 7 heteroatoms. The minimum atomic E-state index is -0.783. The molecule has 1 amide bonds. The number of hydrogen-bond donors (Lipinski definition) is 1. The van der Waals surface area contributed by atoms with Gasteiger partial charge in [-0.1, -0.05) is 44.2 Å². The second-order valence-electron chi connectivity index (χ2n) is 9.46. The SMILES string of the molecule is CCCN(CCC)C(=O)c1ccc(OC[C@H](O)C[N+](C)(C)CCC(=O)c2ccccc2)c(C#N)c1. The molecule has 1 atom stereocenters. The van der Waals surface area contributed by atoms with Crippen molar-refractivity contribution in [3.05, 3.63) is 65.2 Å². The monoisotopic (exact) mass is 480 g/mol. The van der Waals surface area contributed by atoms with Gasteiger partial charge in [0.25, 0.3) is 5.91 Å². The third kappa shape index (κ3) is 8.82. The van der Waals surface area contributed by atoms with Crippen molar-refractivity contribution >= 4 is 11.7 Å². The van der Waals surface area contributed by atoms with Crippen molar-refractivity contribution in [2.24, 2.45) is 0 Å². The molecule has 0 heterocycles. The number of benzene rings is 2. The van der Waals surface area contributed by atoms with E-state index in [1.54, 1.807) is 23.1 Å². The molecular formula is C28H38N3O4+. The van der Waals surface area contributed by atoms with Crippen LogP contribution in [0.1, 0.15) is 59.4 Å². The smallest absolute Gasteiger partial charge is 0.253 e. The van der Waals surface area contributed by atoms with Crippen LogP contribution in [0.15, 0.2) is 48.5 Å². The van der Waals surface area contributed by atoms with Gasteiger partial charge < -0.3 is 19.2 Å². The number of carbonyl (C=O) groups excluding carboxylic acids is 2. The van der Waals surface area contributed by atoms with Crippen molar-refractivity contribution < 1.29 is 23.9 Å². The van der Waals surface area contributed by atoms with Crippen molar-refractivity contribution in [3.63, 3.8) is 0 Å². The van der Waals surface area contributed by atoms with Crippen LogP contribution in [0.25, 0.3) is 0 Å². The Morgan fingerprint density at radius 3 is 2.31 bits per heavy atom. The fourth-order valence-electron chi connectivity index (χ4n) is 3.99. The van der Waals surface area contributed by atoms with Gasteiger partial charge in [-0.2, -0.15) is 5.26 Å². The zero-order valence-corrected chi connectivity index (χ0v) is 21.4. The molecule has 2 rings (SSSR count). The third-order valence-corrected chi connectivity index (χ3v) is 5.80. The average molecular weight is 481 g/mol. The lowest BCUT2D eigenvalue weighted by Gasteiger charge is -2.31. The van der Waals surface area contributed by atoms with Gasteiger partial charge >= 0.3 is 0 Å². The Kier molecular flexibility index (Phi) is 10.9. The quantitative estimate of drug-likeness (QED) is 0.327. The lowest BCUT2D eigenvalue weighted by molar-refractivity contribution is -0.892. The molecule has 35 heavy (non-hydrogen) atoms. The second-order valence-corrected chi connectivity index (χ2v) is 9.46. The number of likely N-dealkylation sites (N-methyl/N-ethyl adjacent to an activating group) is 1. The van der Waals surface area contributed by atoms with Crippen LogP contribution in [-0.4, -0.2) is 79.2 Å². The Morgan fingerprint density at radius 2 is 1.71 bits per heavy atom. The van der Waals surface area contributed by atoms with Crippen LogP contribution in [0.4, 0.5) is 0 Å². The Morgan fingerprint density at radius 1 is 1.06 bits per heavy atom. The Bertz CT molecular complexity index is 1010. The van der Waals surface area contributed by atoms with Crippen LogP contribution in [0, 0.1) is 11.3 Å². The summed E-state index contributed by atoms with van der Waals surface area (Å²) in [4.78, 5) is 27.0. The molecule has 0 fully saturated rings. The van der Waals surface area contributed by atoms with Crippen LogP contribution in [-0.2, 0) is 0 Å². The first-order valence-corrected chi connectivity index (χ1v) is 12.2. The summed E-state index contributed by atoms with van der Waals surface area (Å²) in [6.07, 6.45) is 1.33. The van der Waals surface area contributed by atoms with Gasteiger partial charge in [0.15, 0.2) is 5.78 Å². The summed E-state index contributed by atoms with van der Waals surface area (Å²) >= 11 is 0. The molecular weight excluding hydrogens is 442 g/mol. The number of ketones is 1. The maximum atomic E-state index is 12.8. The Hall–Kier alpha value is -3.21. The molecule has 0 aliphatic rings. The molecule has 0 aliphatic carbocycles. The minimum Gasteiger partial charge on any atom is -0.489 e. The summed E-state index contributed by atoms with van der Waals surface area (Å²) in [6.45, 7) is 6.38. The fraction of sp³-hybridized carbons (Fsp3) is 0.464. The van der Waals surface area contributed by atoms with E-state index in [-0.39, 0.29) is 23.9 Å². The number of quaternary nitrogens is 1. The zero-order valence-electron chi connectivity index (χ0n) is 21.4. The molecule has 0 aliphatic heterocycles. The summed E-state index contributed by atoms with van der Waals surface area (Å²) < 4.78 is 6.20. The van der Waals surface area contributed by atoms with Gasteiger partial charge in [-0.05, 0) is 31.0 Å². The van der Waals surface area contributed by atoms with E-state index in [0.717, 1.165) is 12.8 Å². The number of aliphatic hydroxyl groups is 1. The van der Waals surface area contributed by atoms with Gasteiger partial charge in [-0.3, -0.25) is 9.59 Å². The third-order valence-electron chi connectivity index (χ3n) is 5.80. The first kappa shape index (κ1) is 28.0. The molecule has 0 aromatic heterocycles. The molecule has 1 N–H and O–H groups in total. The van der Waals surface area contributed by atoms with Crippen molar-refractivity contribution in [3.8, 4) is 11.8 Å². The van der Waals surface area contributed by atoms with Gasteiger partial charge in [0.1, 0.15) is 31.1 Å². The number of carbonyl (C=O) groups is 2. The number of ether oxygens (including phenoxy) is 1. The number of nitrogens with zero attached hydrogens (tertiary/aromatic N) is 3. The molecule has 2 aromatic carbocycles. The fourth-order valence-corrected chi connectivity index (χ4v) is 3.99. The van der Waals surface area contributed by atoms with E-state index in [9.17, 15) is 20.0 Å². The largest absolute Gasteiger partial charge is 0.489 e. The van der Waals surface area contributed by atoms with E-state index in [4.69, 9.17) is 4.74 Å². The zero-order chi connectivity index (χ0) is 25.8. The molecule has 0 bridgehead atoms. The van der Waals surface area contributed by atoms with Gasteiger partial charge in [0.2, 0.25) is 0 Å². The van der Waals surface area contributed by atoms with Crippen LogP contribution >= 0.6 is 0 Å². The summed E-state index contributed by atoms with van der Waals surface area (Å²) in [5.41, 5.74) is 1.41. The van der Waals surface area contributed by atoms with E-state index < -0.39 is 6.10 Å². The standard InChI is InChI=1S/C28H38N3O4/c1-5-15-30(16-6-2)28(34)23-12-13-27(24(18-23)19-29)35-21-25(32)20-31(3,4)17-14-26(33)22-10-8-7-9-11-22/h7-13,18,25,32H,5-6,14-17,20-21H2,1-4H3/q+1/t25-/m1/s1. The summed E-state index contributed by atoms with van der Waals surface area (Å²) in [5, 5.41) is 20.1. The highest BCUT2D eigenvalue weighted by Crippen LogP contribution is 2.21. The molecule has 0 saturated heterocycles. The predicted octanol–water partition coefficient (Wildman–Crippen LogP) is 3.91. The Balaban J connectivity index is 1.94. The molecule has 0 unspecified atom stereocenters. The van der Waals surface area contributed by atoms with Crippen LogP contribution in [0.3, 0.4) is 0 Å². The topological polar surface area (TPSA) is 90.6 Å². The lowest BCUT2D eigenvalue weighted by atomic mass is 10.1. The van der Waals surface area contributed by atoms with E-state index in [1.165, 1.54) is 0 Å². The Labute approximate surface area is 209 Å². The van der Waals surface area contributed by atoms with E-state index >= 15 is 0 Å². The molecule has 0 saturated carbocycles. The lowest BCUT2D eigenvalue weighted by Crippen LogP contribution is -2.48. The van der Waals surface area contributed by atoms with Crippen molar-refractivity contribution in [1.82, 2.24) is 4.90 Å². The summed E-state index contributed by atoms with van der Waals surface area (Å²) in [7, 11) is 3.92. The average Bonchev–Trinajstić information content (AvgIpc) is 2.85. The van der Waals surface area contributed by atoms with Gasteiger partial charge in [0, 0.05) is 24.2 Å². The molecule has 0 spiro atoms. The maximum Gasteiger partial charge on any atom is 0.253 e. The van der Waals surface area contributed by atoms with E-state index in [0.29, 0.717) is 54.0 Å². The number of nitriles is 1. The predicted molar refractivity (Wildman–Crippen MR) is 136 cm³/mol. The highest BCUT2D eigenvalue weighted by molar-refractivity contribution is 5.96. The highest BCUT2D eigenvalue weighted by atomic mass is 16.5. The summed E-state index contributed by atoms with van der Waals surface area (Å²) in [5.74, 6) is 0.318. The number of amides is 1. The van der Waals surface area contributed by atoms with E-state index in [1.807, 2.05) is 58.3 Å². The normalized spacial score (nSPS) is 12.0. The van der Waals surface area contributed by atoms with Crippen molar-refractivity contribution in [2.45, 2.75) is 39.2 Å².